The Morgan fingerprint density at radius 1 is 1.09 bits per heavy atom. The predicted molar refractivity (Wildman–Crippen MR) is 163 cm³/mol. The van der Waals surface area contributed by atoms with Gasteiger partial charge in [-0.15, -0.1) is 0 Å². The lowest BCUT2D eigenvalue weighted by atomic mass is 10.2. The molecule has 2 aromatic heterocycles. The number of anilines is 1. The fraction of sp³-hybridized carbons (Fsp3) is 0.0323. The molecule has 0 fully saturated rings. The van der Waals surface area contributed by atoms with Gasteiger partial charge in [-0.1, -0.05) is 29.8 Å². The van der Waals surface area contributed by atoms with E-state index < -0.39 is 28.8 Å². The molecule has 44 heavy (non-hydrogen) atoms. The van der Waals surface area contributed by atoms with E-state index in [9.17, 15) is 24.1 Å². The molecule has 13 heteroatoms. The number of benzene rings is 4. The van der Waals surface area contributed by atoms with Gasteiger partial charge in [-0.25, -0.2) is 9.37 Å². The molecular formula is C31H19ClFN5O6. The number of nitro groups is 1. The van der Waals surface area contributed by atoms with Gasteiger partial charge in [0.25, 0.3) is 17.2 Å². The standard InChI is InChI=1S/C31H19ClFN5O6/c32-20-8-10-27-18(12-20)14-28(44-27)30-36-25-7-2-1-6-24(25)31(40)37(30)34-16-19-13-23(38(41)42)9-11-26(19)43-17-29(39)35-22-5-3-4-21(33)15-22/h1-16H,17H2,(H,35,39). The van der Waals surface area contributed by atoms with Crippen LogP contribution >= 0.6 is 11.6 Å². The maximum Gasteiger partial charge on any atom is 0.282 e. The second-order valence-electron chi connectivity index (χ2n) is 9.43. The molecule has 0 radical (unpaired) electrons. The summed E-state index contributed by atoms with van der Waals surface area (Å²) in [7, 11) is 0. The minimum atomic E-state index is -0.605. The SMILES string of the molecule is O=C(COc1ccc([N+](=O)[O-])cc1C=Nn1c(-c2cc3cc(Cl)ccc3o2)nc2ccccc2c1=O)Nc1cccc(F)c1. The number of carbonyl (C=O) groups is 1. The van der Waals surface area contributed by atoms with Crippen molar-refractivity contribution in [2.24, 2.45) is 5.10 Å². The second kappa shape index (κ2) is 11.8. The van der Waals surface area contributed by atoms with Crippen molar-refractivity contribution < 1.29 is 23.3 Å². The highest BCUT2D eigenvalue weighted by Crippen LogP contribution is 2.29. The highest BCUT2D eigenvalue weighted by Gasteiger charge is 2.18. The van der Waals surface area contributed by atoms with Crippen LogP contribution in [-0.2, 0) is 4.79 Å². The lowest BCUT2D eigenvalue weighted by molar-refractivity contribution is -0.384. The van der Waals surface area contributed by atoms with E-state index in [0.29, 0.717) is 21.5 Å². The Morgan fingerprint density at radius 3 is 2.75 bits per heavy atom. The smallest absolute Gasteiger partial charge is 0.282 e. The summed E-state index contributed by atoms with van der Waals surface area (Å²) in [5.41, 5.74) is 0.436. The minimum absolute atomic E-state index is 0.0652. The van der Waals surface area contributed by atoms with Gasteiger partial charge < -0.3 is 14.5 Å². The van der Waals surface area contributed by atoms with Crippen LogP contribution in [0.25, 0.3) is 33.5 Å². The fourth-order valence-electron chi connectivity index (χ4n) is 4.42. The molecule has 0 saturated carbocycles. The average Bonchev–Trinajstić information content (AvgIpc) is 3.43. The molecule has 6 aromatic rings. The van der Waals surface area contributed by atoms with Gasteiger partial charge in [0.1, 0.15) is 17.1 Å². The molecule has 11 nitrogen and oxygen atoms in total. The Bertz CT molecular complexity index is 2180. The Balaban J connectivity index is 1.39. The van der Waals surface area contributed by atoms with Crippen LogP contribution in [0.5, 0.6) is 5.75 Å². The number of nitrogens with zero attached hydrogens (tertiary/aromatic N) is 4. The number of para-hydroxylation sites is 1. The van der Waals surface area contributed by atoms with Gasteiger partial charge in [0, 0.05) is 33.8 Å². The number of halogens is 2. The Labute approximate surface area is 251 Å². The van der Waals surface area contributed by atoms with E-state index in [1.807, 2.05) is 0 Å². The molecule has 0 aliphatic rings. The molecule has 1 amide bonds. The summed E-state index contributed by atoms with van der Waals surface area (Å²) >= 11 is 6.13. The second-order valence-corrected chi connectivity index (χ2v) is 9.87. The van der Waals surface area contributed by atoms with Crippen molar-refractivity contribution in [3.8, 4) is 17.3 Å². The number of amides is 1. The number of hydrogen-bond acceptors (Lipinski definition) is 8. The van der Waals surface area contributed by atoms with Crippen LogP contribution in [0.4, 0.5) is 15.8 Å². The molecule has 0 aliphatic carbocycles. The van der Waals surface area contributed by atoms with Crippen molar-refractivity contribution in [1.29, 1.82) is 0 Å². The van der Waals surface area contributed by atoms with Crippen molar-refractivity contribution >= 4 is 57.0 Å². The van der Waals surface area contributed by atoms with Gasteiger partial charge in [-0.2, -0.15) is 9.78 Å². The molecule has 2 heterocycles. The fourth-order valence-corrected chi connectivity index (χ4v) is 4.60. The first-order valence-electron chi connectivity index (χ1n) is 13.0. The quantitative estimate of drug-likeness (QED) is 0.119. The molecule has 0 aliphatic heterocycles. The first-order chi connectivity index (χ1) is 21.2. The maximum absolute atomic E-state index is 13.6. The Hall–Kier alpha value is -5.88. The lowest BCUT2D eigenvalue weighted by Crippen LogP contribution is -2.21. The van der Waals surface area contributed by atoms with Gasteiger partial charge in [0.15, 0.2) is 12.4 Å². The number of fused-ring (bicyclic) bond motifs is 2. The number of hydrogen-bond donors (Lipinski definition) is 1. The van der Waals surface area contributed by atoms with Crippen LogP contribution < -0.4 is 15.6 Å². The number of furan rings is 1. The third kappa shape index (κ3) is 5.87. The maximum atomic E-state index is 13.6. The molecule has 0 unspecified atom stereocenters. The van der Waals surface area contributed by atoms with E-state index >= 15 is 0 Å². The first kappa shape index (κ1) is 28.2. The summed E-state index contributed by atoms with van der Waals surface area (Å²) in [5, 5.41) is 19.8. The number of aromatic nitrogens is 2. The van der Waals surface area contributed by atoms with E-state index in [4.69, 9.17) is 20.8 Å². The van der Waals surface area contributed by atoms with Crippen LogP contribution in [0, 0.1) is 15.9 Å². The van der Waals surface area contributed by atoms with E-state index in [1.165, 1.54) is 42.6 Å². The monoisotopic (exact) mass is 611 g/mol. The molecule has 6 rings (SSSR count). The number of nitrogens with one attached hydrogen (secondary N) is 1. The predicted octanol–water partition coefficient (Wildman–Crippen LogP) is 6.41. The molecule has 4 aromatic carbocycles. The Morgan fingerprint density at radius 2 is 1.93 bits per heavy atom. The summed E-state index contributed by atoms with van der Waals surface area (Å²) in [5.74, 6) is -0.761. The number of ether oxygens (including phenoxy) is 1. The molecule has 1 N–H and O–H groups in total. The molecule has 0 spiro atoms. The van der Waals surface area contributed by atoms with E-state index in [0.717, 1.165) is 10.7 Å². The summed E-state index contributed by atoms with van der Waals surface area (Å²) in [4.78, 5) is 41.6. The van der Waals surface area contributed by atoms with Gasteiger partial charge in [0.05, 0.1) is 22.0 Å². The van der Waals surface area contributed by atoms with Crippen molar-refractivity contribution in [2.45, 2.75) is 0 Å². The third-order valence-corrected chi connectivity index (χ3v) is 6.67. The zero-order chi connectivity index (χ0) is 30.8. The van der Waals surface area contributed by atoms with Crippen LogP contribution in [0.15, 0.2) is 105 Å². The van der Waals surface area contributed by atoms with E-state index in [-0.39, 0.29) is 39.7 Å². The summed E-state index contributed by atoms with van der Waals surface area (Å²) in [6.45, 7) is -0.501. The summed E-state index contributed by atoms with van der Waals surface area (Å²) < 4.78 is 26.1. The van der Waals surface area contributed by atoms with Crippen molar-refractivity contribution in [3.05, 3.63) is 128 Å². The van der Waals surface area contributed by atoms with E-state index in [2.05, 4.69) is 15.4 Å². The van der Waals surface area contributed by atoms with Crippen LogP contribution in [0.2, 0.25) is 5.02 Å². The highest BCUT2D eigenvalue weighted by molar-refractivity contribution is 6.31. The average molecular weight is 612 g/mol. The van der Waals surface area contributed by atoms with Crippen LogP contribution in [0.1, 0.15) is 5.56 Å². The van der Waals surface area contributed by atoms with Crippen molar-refractivity contribution in [2.75, 3.05) is 11.9 Å². The number of rotatable bonds is 8. The lowest BCUT2D eigenvalue weighted by Gasteiger charge is -2.10. The molecule has 0 atom stereocenters. The number of nitro benzene ring substituents is 1. The molecule has 0 bridgehead atoms. The number of non-ortho nitro benzene ring substituents is 1. The van der Waals surface area contributed by atoms with Crippen molar-refractivity contribution in [1.82, 2.24) is 9.66 Å². The normalized spacial score (nSPS) is 11.3. The minimum Gasteiger partial charge on any atom is -0.483 e. The first-order valence-corrected chi connectivity index (χ1v) is 13.4. The van der Waals surface area contributed by atoms with Gasteiger partial charge in [-0.3, -0.25) is 19.7 Å². The Kier molecular flexibility index (Phi) is 7.56. The topological polar surface area (TPSA) is 142 Å². The zero-order valence-corrected chi connectivity index (χ0v) is 23.2. The van der Waals surface area contributed by atoms with E-state index in [1.54, 1.807) is 48.5 Å². The summed E-state index contributed by atoms with van der Waals surface area (Å²) in [6, 6.07) is 22.4. The van der Waals surface area contributed by atoms with Gasteiger partial charge in [0.2, 0.25) is 5.82 Å². The van der Waals surface area contributed by atoms with Crippen LogP contribution in [0.3, 0.4) is 0 Å². The van der Waals surface area contributed by atoms with Crippen LogP contribution in [-0.4, -0.2) is 33.3 Å². The third-order valence-electron chi connectivity index (χ3n) is 6.44. The molecular weight excluding hydrogens is 593 g/mol. The summed E-state index contributed by atoms with van der Waals surface area (Å²) in [6.07, 6.45) is 1.19. The van der Waals surface area contributed by atoms with Gasteiger partial charge in [-0.05, 0) is 60.7 Å². The highest BCUT2D eigenvalue weighted by atomic mass is 35.5. The van der Waals surface area contributed by atoms with Crippen molar-refractivity contribution in [3.63, 3.8) is 0 Å². The zero-order valence-electron chi connectivity index (χ0n) is 22.4. The molecule has 218 valence electrons. The largest absolute Gasteiger partial charge is 0.483 e. The number of carbonyl (C=O) groups excluding carboxylic acids is 1. The molecule has 0 saturated heterocycles. The van der Waals surface area contributed by atoms with Gasteiger partial charge >= 0.3 is 0 Å².